The lowest BCUT2D eigenvalue weighted by Crippen LogP contribution is -2.32. The van der Waals surface area contributed by atoms with Gasteiger partial charge in [0.2, 0.25) is 0 Å². The molecule has 6 heteroatoms. The van der Waals surface area contributed by atoms with Crippen molar-refractivity contribution in [3.8, 4) is 0 Å². The molecule has 1 atom stereocenters. The van der Waals surface area contributed by atoms with Crippen LogP contribution in [0, 0.1) is 0 Å². The quantitative estimate of drug-likeness (QED) is 0.658. The Labute approximate surface area is 75.8 Å². The van der Waals surface area contributed by atoms with Crippen LogP contribution in [0.2, 0.25) is 0 Å². The van der Waals surface area contributed by atoms with Crippen molar-refractivity contribution in [2.24, 2.45) is 0 Å². The Hall–Kier alpha value is 0.360. The van der Waals surface area contributed by atoms with Crippen LogP contribution in [0.15, 0.2) is 0 Å². The van der Waals surface area contributed by atoms with Crippen LogP contribution in [-0.4, -0.2) is 28.7 Å². The third-order valence-corrected chi connectivity index (χ3v) is 1.95. The van der Waals surface area contributed by atoms with Crippen LogP contribution in [0.25, 0.3) is 0 Å². The Balaban J connectivity index is 0. The van der Waals surface area contributed by atoms with E-state index in [9.17, 15) is 4.79 Å². The number of halogens is 2. The average Bonchev–Trinajstić information content (AvgIpc) is 2.12. The SMILES string of the molecule is Cl.Cl.O=C(O)C1CSCN1. The number of carbonyl (C=O) groups is 1. The summed E-state index contributed by atoms with van der Waals surface area (Å²) >= 11 is 1.62. The van der Waals surface area contributed by atoms with Crippen molar-refractivity contribution < 1.29 is 9.90 Å². The standard InChI is InChI=1S/C4H7NO2S.2ClH/c6-4(7)3-1-8-2-5-3;;/h3,5H,1-2H2,(H,6,7);2*1H. The number of thioether (sulfide) groups is 1. The first kappa shape index (κ1) is 13.0. The Morgan fingerprint density at radius 1 is 1.60 bits per heavy atom. The second-order valence-electron chi connectivity index (χ2n) is 1.61. The molecule has 1 aliphatic heterocycles. The molecule has 2 N–H and O–H groups in total. The number of nitrogens with one attached hydrogen (secondary N) is 1. The topological polar surface area (TPSA) is 49.3 Å². The number of carboxylic acid groups (broad SMARTS) is 1. The van der Waals surface area contributed by atoms with E-state index in [-0.39, 0.29) is 30.9 Å². The lowest BCUT2D eigenvalue weighted by Gasteiger charge is -1.98. The average molecular weight is 206 g/mol. The zero-order valence-electron chi connectivity index (χ0n) is 5.07. The maximum absolute atomic E-state index is 10.1. The fourth-order valence-electron chi connectivity index (χ4n) is 0.554. The fraction of sp³-hybridized carbons (Fsp3) is 0.750. The van der Waals surface area contributed by atoms with Crippen molar-refractivity contribution in [3.05, 3.63) is 0 Å². The van der Waals surface area contributed by atoms with E-state index in [1.165, 1.54) is 0 Å². The maximum atomic E-state index is 10.1. The van der Waals surface area contributed by atoms with Gasteiger partial charge in [-0.1, -0.05) is 0 Å². The number of hydrogen-bond acceptors (Lipinski definition) is 3. The molecule has 0 bridgehead atoms. The zero-order valence-corrected chi connectivity index (χ0v) is 7.52. The molecule has 1 unspecified atom stereocenters. The van der Waals surface area contributed by atoms with E-state index in [1.807, 2.05) is 0 Å². The third-order valence-electron chi connectivity index (χ3n) is 1.01. The highest BCUT2D eigenvalue weighted by Crippen LogP contribution is 2.08. The highest BCUT2D eigenvalue weighted by molar-refractivity contribution is 7.99. The molecule has 0 aromatic heterocycles. The van der Waals surface area contributed by atoms with Gasteiger partial charge in [-0.05, 0) is 0 Å². The molecule has 10 heavy (non-hydrogen) atoms. The summed E-state index contributed by atoms with van der Waals surface area (Å²) in [6.45, 7) is 0. The van der Waals surface area contributed by atoms with Gasteiger partial charge in [0.1, 0.15) is 6.04 Å². The Morgan fingerprint density at radius 3 is 2.40 bits per heavy atom. The Morgan fingerprint density at radius 2 is 2.20 bits per heavy atom. The molecule has 62 valence electrons. The molecule has 1 saturated heterocycles. The second-order valence-corrected chi connectivity index (χ2v) is 2.64. The van der Waals surface area contributed by atoms with E-state index in [1.54, 1.807) is 11.8 Å². The van der Waals surface area contributed by atoms with Gasteiger partial charge in [0.05, 0.1) is 0 Å². The van der Waals surface area contributed by atoms with Gasteiger partial charge in [0.25, 0.3) is 0 Å². The van der Waals surface area contributed by atoms with Crippen molar-refractivity contribution >= 4 is 42.5 Å². The van der Waals surface area contributed by atoms with E-state index >= 15 is 0 Å². The van der Waals surface area contributed by atoms with Crippen molar-refractivity contribution in [2.75, 3.05) is 11.6 Å². The lowest BCUT2D eigenvalue weighted by molar-refractivity contribution is -0.138. The maximum Gasteiger partial charge on any atom is 0.321 e. The van der Waals surface area contributed by atoms with Crippen LogP contribution in [0.1, 0.15) is 0 Å². The molecule has 1 aliphatic rings. The molecule has 0 radical (unpaired) electrons. The van der Waals surface area contributed by atoms with Crippen LogP contribution in [0.4, 0.5) is 0 Å². The van der Waals surface area contributed by atoms with Crippen LogP contribution < -0.4 is 5.32 Å². The van der Waals surface area contributed by atoms with Crippen LogP contribution in [-0.2, 0) is 4.79 Å². The molecule has 1 heterocycles. The van der Waals surface area contributed by atoms with Gasteiger partial charge < -0.3 is 5.11 Å². The van der Waals surface area contributed by atoms with Gasteiger partial charge in [0, 0.05) is 11.6 Å². The highest BCUT2D eigenvalue weighted by Gasteiger charge is 2.20. The first-order valence-electron chi connectivity index (χ1n) is 2.34. The van der Waals surface area contributed by atoms with E-state index in [4.69, 9.17) is 5.11 Å². The van der Waals surface area contributed by atoms with Crippen molar-refractivity contribution in [1.82, 2.24) is 5.32 Å². The number of rotatable bonds is 1. The van der Waals surface area contributed by atoms with Crippen LogP contribution >= 0.6 is 36.6 Å². The summed E-state index contributed by atoms with van der Waals surface area (Å²) in [5, 5.41) is 11.2. The van der Waals surface area contributed by atoms with Gasteiger partial charge in [0.15, 0.2) is 0 Å². The lowest BCUT2D eigenvalue weighted by atomic mass is 10.4. The summed E-state index contributed by atoms with van der Waals surface area (Å²) < 4.78 is 0. The van der Waals surface area contributed by atoms with Crippen LogP contribution in [0.3, 0.4) is 0 Å². The van der Waals surface area contributed by atoms with E-state index in [0.717, 1.165) is 5.88 Å². The Kier molecular flexibility index (Phi) is 7.92. The zero-order chi connectivity index (χ0) is 5.98. The summed E-state index contributed by atoms with van der Waals surface area (Å²) in [5.74, 6) is 0.738. The normalized spacial score (nSPS) is 22.6. The van der Waals surface area contributed by atoms with Gasteiger partial charge in [-0.2, -0.15) is 0 Å². The first-order valence-corrected chi connectivity index (χ1v) is 3.50. The molecule has 1 rings (SSSR count). The van der Waals surface area contributed by atoms with Crippen molar-refractivity contribution in [2.45, 2.75) is 6.04 Å². The third kappa shape index (κ3) is 3.51. The molecule has 0 spiro atoms. The molecule has 0 saturated carbocycles. The molecule has 1 fully saturated rings. The minimum absolute atomic E-state index is 0. The van der Waals surface area contributed by atoms with Crippen molar-refractivity contribution in [3.63, 3.8) is 0 Å². The van der Waals surface area contributed by atoms with Crippen molar-refractivity contribution in [1.29, 1.82) is 0 Å². The monoisotopic (exact) mass is 205 g/mol. The molecular weight excluding hydrogens is 197 g/mol. The number of hydrogen-bond donors (Lipinski definition) is 2. The summed E-state index contributed by atoms with van der Waals surface area (Å²) in [6.07, 6.45) is 0. The number of aliphatic carboxylic acids is 1. The minimum Gasteiger partial charge on any atom is -0.480 e. The van der Waals surface area contributed by atoms with E-state index < -0.39 is 5.97 Å². The molecule has 0 amide bonds. The van der Waals surface area contributed by atoms with Crippen LogP contribution in [0.5, 0.6) is 0 Å². The van der Waals surface area contributed by atoms with E-state index in [2.05, 4.69) is 5.32 Å². The molecular formula is C4H9Cl2NO2S. The minimum atomic E-state index is -0.741. The summed E-state index contributed by atoms with van der Waals surface area (Å²) in [7, 11) is 0. The van der Waals surface area contributed by atoms with Gasteiger partial charge >= 0.3 is 5.97 Å². The Bertz CT molecular complexity index is 107. The summed E-state index contributed by atoms with van der Waals surface area (Å²) in [6, 6.07) is -0.306. The molecule has 0 aliphatic carbocycles. The summed E-state index contributed by atoms with van der Waals surface area (Å²) in [5.41, 5.74) is 0. The smallest absolute Gasteiger partial charge is 0.321 e. The fourth-order valence-corrected chi connectivity index (χ4v) is 1.49. The second kappa shape index (κ2) is 6.09. The van der Waals surface area contributed by atoms with Gasteiger partial charge in [-0.25, -0.2) is 0 Å². The number of carboxylic acids is 1. The van der Waals surface area contributed by atoms with Gasteiger partial charge in [-0.3, -0.25) is 10.1 Å². The highest BCUT2D eigenvalue weighted by atomic mass is 35.5. The largest absolute Gasteiger partial charge is 0.480 e. The molecule has 0 aromatic carbocycles. The molecule has 0 aromatic rings. The van der Waals surface area contributed by atoms with Gasteiger partial charge in [-0.15, -0.1) is 36.6 Å². The predicted molar refractivity (Wildman–Crippen MR) is 46.4 cm³/mol. The summed E-state index contributed by atoms with van der Waals surface area (Å²) in [4.78, 5) is 10.1. The van der Waals surface area contributed by atoms with E-state index in [0.29, 0.717) is 5.75 Å². The predicted octanol–water partition coefficient (Wildman–Crippen LogP) is 0.577. The molecule has 3 nitrogen and oxygen atoms in total. The first-order chi connectivity index (χ1) is 3.80.